The molecule has 1 amide bonds. The van der Waals surface area contributed by atoms with Gasteiger partial charge < -0.3 is 14.8 Å². The fourth-order valence-corrected chi connectivity index (χ4v) is 4.59. The first kappa shape index (κ1) is 31.4. The highest BCUT2D eigenvalue weighted by atomic mass is 35.5. The van der Waals surface area contributed by atoms with Crippen LogP contribution in [0.5, 0.6) is 0 Å². The summed E-state index contributed by atoms with van der Waals surface area (Å²) in [5.41, 5.74) is 4.46. The number of hydrogen-bond donors (Lipinski definition) is 1. The highest BCUT2D eigenvalue weighted by Crippen LogP contribution is 2.31. The number of amides is 1. The van der Waals surface area contributed by atoms with Crippen LogP contribution in [-0.4, -0.2) is 37.1 Å². The maximum absolute atomic E-state index is 12.6. The zero-order valence-corrected chi connectivity index (χ0v) is 23.6. The lowest BCUT2D eigenvalue weighted by atomic mass is 9.88. The molecular weight excluding hydrogens is 502 g/mol. The summed E-state index contributed by atoms with van der Waals surface area (Å²) in [5.74, 6) is -0.870. The Hall–Kier alpha value is -2.86. The smallest absolute Gasteiger partial charge is 0.308 e. The van der Waals surface area contributed by atoms with Gasteiger partial charge in [0.15, 0.2) is 0 Å². The highest BCUT2D eigenvalue weighted by Gasteiger charge is 2.21. The van der Waals surface area contributed by atoms with Gasteiger partial charge in [-0.25, -0.2) is 0 Å². The standard InChI is InChI=1S/C31H42ClNO5/c1-4-6-7-10-23(3)22-38-31(36)21-28(33-29(34)13-9-14-30(35)37-5-2)19-24-15-17-25(18-16-24)26-11-8-12-27(32)20-26/h4,6,11,15,17,20,28H,3,5,7-10,12-14,16,18-19,21-22H2,1-2H3,(H,33,34)/b6-4-/t28-/m1/s1. The summed E-state index contributed by atoms with van der Waals surface area (Å²) < 4.78 is 10.4. The first-order valence-electron chi connectivity index (χ1n) is 13.6. The van der Waals surface area contributed by atoms with Crippen molar-refractivity contribution in [3.63, 3.8) is 0 Å². The molecule has 6 nitrogen and oxygen atoms in total. The summed E-state index contributed by atoms with van der Waals surface area (Å²) in [6.07, 6.45) is 19.1. The molecule has 38 heavy (non-hydrogen) atoms. The van der Waals surface area contributed by atoms with Gasteiger partial charge in [0.25, 0.3) is 0 Å². The second kappa shape index (κ2) is 17.6. The summed E-state index contributed by atoms with van der Waals surface area (Å²) in [7, 11) is 0. The molecule has 2 aliphatic carbocycles. The first-order valence-corrected chi connectivity index (χ1v) is 14.0. The van der Waals surface area contributed by atoms with E-state index in [1.807, 2.05) is 25.2 Å². The van der Waals surface area contributed by atoms with Crippen LogP contribution in [0.25, 0.3) is 0 Å². The van der Waals surface area contributed by atoms with Gasteiger partial charge in [0.05, 0.1) is 13.0 Å². The predicted octanol–water partition coefficient (Wildman–Crippen LogP) is 6.93. The van der Waals surface area contributed by atoms with Crippen LogP contribution in [0.4, 0.5) is 0 Å². The lowest BCUT2D eigenvalue weighted by Crippen LogP contribution is -2.37. The van der Waals surface area contributed by atoms with Gasteiger partial charge in [0.2, 0.25) is 5.91 Å². The number of halogens is 1. The molecule has 0 heterocycles. The summed E-state index contributed by atoms with van der Waals surface area (Å²) in [6.45, 7) is 8.20. The Bertz CT molecular complexity index is 1000. The van der Waals surface area contributed by atoms with E-state index in [1.54, 1.807) is 6.92 Å². The molecule has 0 radical (unpaired) electrons. The molecule has 0 bridgehead atoms. The van der Waals surface area contributed by atoms with Crippen molar-refractivity contribution in [3.05, 3.63) is 70.4 Å². The number of ether oxygens (including phenoxy) is 2. The van der Waals surface area contributed by atoms with Gasteiger partial charge in [-0.1, -0.05) is 54.1 Å². The zero-order valence-electron chi connectivity index (χ0n) is 22.9. The van der Waals surface area contributed by atoms with Crippen LogP contribution in [0.2, 0.25) is 0 Å². The van der Waals surface area contributed by atoms with E-state index in [1.165, 1.54) is 16.7 Å². The Morgan fingerprint density at radius 2 is 1.92 bits per heavy atom. The minimum atomic E-state index is -0.390. The van der Waals surface area contributed by atoms with E-state index in [0.717, 1.165) is 49.1 Å². The third-order valence-electron chi connectivity index (χ3n) is 6.38. The lowest BCUT2D eigenvalue weighted by molar-refractivity contribution is -0.144. The largest absolute Gasteiger partial charge is 0.466 e. The summed E-state index contributed by atoms with van der Waals surface area (Å²) in [6, 6.07) is -0.390. The monoisotopic (exact) mass is 543 g/mol. The van der Waals surface area contributed by atoms with Gasteiger partial charge in [0, 0.05) is 23.9 Å². The van der Waals surface area contributed by atoms with Gasteiger partial charge in [-0.2, -0.15) is 0 Å². The van der Waals surface area contributed by atoms with Crippen molar-refractivity contribution in [2.75, 3.05) is 13.2 Å². The van der Waals surface area contributed by atoms with Crippen LogP contribution in [0, 0.1) is 0 Å². The molecule has 208 valence electrons. The van der Waals surface area contributed by atoms with E-state index >= 15 is 0 Å². The van der Waals surface area contributed by atoms with Crippen molar-refractivity contribution in [3.8, 4) is 0 Å². The molecular formula is C31H42ClNO5. The SMILES string of the molecule is C=C(CC/C=C\C)COC(=O)C[C@@H](CC1=CC=C(C2=CCCC(Cl)=C2)CC1)NC(=O)CCCC(=O)OCC. The normalized spacial score (nSPS) is 16.1. The molecule has 0 saturated heterocycles. The molecule has 1 atom stereocenters. The number of rotatable bonds is 16. The first-order chi connectivity index (χ1) is 18.3. The number of carbonyl (C=O) groups excluding carboxylic acids is 3. The van der Waals surface area contributed by atoms with Crippen LogP contribution in [0.15, 0.2) is 70.4 Å². The van der Waals surface area contributed by atoms with Crippen molar-refractivity contribution in [1.82, 2.24) is 5.32 Å². The minimum absolute atomic E-state index is 0.0726. The summed E-state index contributed by atoms with van der Waals surface area (Å²) in [5, 5.41) is 3.87. The van der Waals surface area contributed by atoms with E-state index in [9.17, 15) is 14.4 Å². The Balaban J connectivity index is 1.97. The van der Waals surface area contributed by atoms with Gasteiger partial charge in [-0.15, -0.1) is 0 Å². The minimum Gasteiger partial charge on any atom is -0.466 e. The summed E-state index contributed by atoms with van der Waals surface area (Å²) in [4.78, 5) is 36.8. The second-order valence-electron chi connectivity index (χ2n) is 9.66. The molecule has 0 aromatic carbocycles. The molecule has 2 aliphatic rings. The highest BCUT2D eigenvalue weighted by molar-refractivity contribution is 6.29. The Kier molecular flexibility index (Phi) is 14.5. The van der Waals surface area contributed by atoms with Crippen molar-refractivity contribution in [1.29, 1.82) is 0 Å². The van der Waals surface area contributed by atoms with Crippen LogP contribution in [0.3, 0.4) is 0 Å². The maximum atomic E-state index is 12.6. The van der Waals surface area contributed by atoms with Crippen molar-refractivity contribution < 1.29 is 23.9 Å². The van der Waals surface area contributed by atoms with Gasteiger partial charge >= 0.3 is 11.9 Å². The summed E-state index contributed by atoms with van der Waals surface area (Å²) >= 11 is 6.23. The third kappa shape index (κ3) is 12.6. The van der Waals surface area contributed by atoms with Crippen molar-refractivity contribution >= 4 is 29.4 Å². The Labute approximate surface area is 232 Å². The van der Waals surface area contributed by atoms with E-state index in [2.05, 4.69) is 30.1 Å². The second-order valence-corrected chi connectivity index (χ2v) is 10.1. The average molecular weight is 544 g/mol. The number of carbonyl (C=O) groups is 3. The molecule has 0 unspecified atom stereocenters. The van der Waals surface area contributed by atoms with Crippen LogP contribution in [-0.2, 0) is 23.9 Å². The van der Waals surface area contributed by atoms with Crippen LogP contribution >= 0.6 is 11.6 Å². The molecule has 2 rings (SSSR count). The van der Waals surface area contributed by atoms with Crippen LogP contribution < -0.4 is 5.32 Å². The molecule has 0 aromatic heterocycles. The number of nitrogens with one attached hydrogen (secondary N) is 1. The fraction of sp³-hybridized carbons (Fsp3) is 0.516. The Morgan fingerprint density at radius 1 is 1.11 bits per heavy atom. The quantitative estimate of drug-likeness (QED) is 0.168. The maximum Gasteiger partial charge on any atom is 0.308 e. The molecule has 0 fully saturated rings. The van der Waals surface area contributed by atoms with Gasteiger partial charge in [-0.05, 0) is 88.0 Å². The molecule has 1 N–H and O–H groups in total. The molecule has 0 aliphatic heterocycles. The van der Waals surface area contributed by atoms with Gasteiger partial charge in [-0.3, -0.25) is 14.4 Å². The third-order valence-corrected chi connectivity index (χ3v) is 6.68. The molecule has 7 heteroatoms. The fourth-order valence-electron chi connectivity index (χ4n) is 4.37. The van der Waals surface area contributed by atoms with Crippen molar-refractivity contribution in [2.24, 2.45) is 0 Å². The Morgan fingerprint density at radius 3 is 2.61 bits per heavy atom. The van der Waals surface area contributed by atoms with E-state index in [0.29, 0.717) is 19.4 Å². The van der Waals surface area contributed by atoms with E-state index in [4.69, 9.17) is 21.1 Å². The molecule has 0 spiro atoms. The molecule has 0 aromatic rings. The average Bonchev–Trinajstić information content (AvgIpc) is 2.88. The number of allylic oxidation sites excluding steroid dienone is 9. The number of esters is 2. The van der Waals surface area contributed by atoms with E-state index < -0.39 is 6.04 Å². The van der Waals surface area contributed by atoms with Gasteiger partial charge in [0.1, 0.15) is 6.61 Å². The zero-order chi connectivity index (χ0) is 27.8. The van der Waals surface area contributed by atoms with E-state index in [-0.39, 0.29) is 43.7 Å². The van der Waals surface area contributed by atoms with Crippen LogP contribution in [0.1, 0.15) is 84.5 Å². The topological polar surface area (TPSA) is 81.7 Å². The lowest BCUT2D eigenvalue weighted by Gasteiger charge is -2.23. The predicted molar refractivity (Wildman–Crippen MR) is 152 cm³/mol. The van der Waals surface area contributed by atoms with Crippen molar-refractivity contribution in [2.45, 2.75) is 90.5 Å². The molecule has 0 saturated carbocycles. The number of hydrogen-bond acceptors (Lipinski definition) is 5.